The molecule has 0 unspecified atom stereocenters. The zero-order chi connectivity index (χ0) is 12.8. The quantitative estimate of drug-likeness (QED) is 0.854. The van der Waals surface area contributed by atoms with Gasteiger partial charge in [-0.25, -0.2) is 0 Å². The molecule has 1 N–H and O–H groups in total. The molecule has 0 bridgehead atoms. The number of aromatic hydroxyl groups is 1. The maximum Gasteiger partial charge on any atom is 0.253 e. The van der Waals surface area contributed by atoms with E-state index in [0.29, 0.717) is 17.9 Å². The Bertz CT molecular complexity index is 390. The number of hydrogen-bond acceptors (Lipinski definition) is 3. The molecule has 1 amide bonds. The Hall–Kier alpha value is -1.71. The molecule has 0 aliphatic rings. The van der Waals surface area contributed by atoms with Crippen molar-refractivity contribution in [2.24, 2.45) is 0 Å². The van der Waals surface area contributed by atoms with Gasteiger partial charge in [-0.15, -0.1) is 0 Å². The summed E-state index contributed by atoms with van der Waals surface area (Å²) in [4.78, 5) is 13.9. The predicted octanol–water partition coefficient (Wildman–Crippen LogP) is 2.27. The summed E-state index contributed by atoms with van der Waals surface area (Å²) >= 11 is 0. The SMILES string of the molecule is CCCN(CC)C(=O)c1ccc(O)c(OC)c1. The molecule has 17 heavy (non-hydrogen) atoms. The third kappa shape index (κ3) is 3.12. The van der Waals surface area contributed by atoms with Crippen molar-refractivity contribution in [2.75, 3.05) is 20.2 Å². The van der Waals surface area contributed by atoms with Gasteiger partial charge in [0.2, 0.25) is 0 Å². The van der Waals surface area contributed by atoms with Crippen LogP contribution in [0.2, 0.25) is 0 Å². The van der Waals surface area contributed by atoms with Crippen LogP contribution in [0, 0.1) is 0 Å². The molecule has 0 fully saturated rings. The Labute approximate surface area is 102 Å². The molecule has 0 heterocycles. The van der Waals surface area contributed by atoms with E-state index in [9.17, 15) is 9.90 Å². The molecule has 0 spiro atoms. The lowest BCUT2D eigenvalue weighted by Gasteiger charge is -2.20. The maximum absolute atomic E-state index is 12.1. The van der Waals surface area contributed by atoms with E-state index in [4.69, 9.17) is 4.74 Å². The zero-order valence-corrected chi connectivity index (χ0v) is 10.6. The number of ether oxygens (including phenoxy) is 1. The van der Waals surface area contributed by atoms with Gasteiger partial charge in [0.25, 0.3) is 5.91 Å². The summed E-state index contributed by atoms with van der Waals surface area (Å²) in [6.07, 6.45) is 0.925. The van der Waals surface area contributed by atoms with Crippen molar-refractivity contribution in [1.29, 1.82) is 0 Å². The van der Waals surface area contributed by atoms with Gasteiger partial charge in [-0.3, -0.25) is 4.79 Å². The van der Waals surface area contributed by atoms with Gasteiger partial charge in [-0.2, -0.15) is 0 Å². The van der Waals surface area contributed by atoms with Crippen molar-refractivity contribution in [3.8, 4) is 11.5 Å². The Morgan fingerprint density at radius 2 is 2.12 bits per heavy atom. The van der Waals surface area contributed by atoms with Crippen LogP contribution in [0.25, 0.3) is 0 Å². The van der Waals surface area contributed by atoms with Crippen LogP contribution in [-0.4, -0.2) is 36.1 Å². The highest BCUT2D eigenvalue weighted by Crippen LogP contribution is 2.26. The molecule has 94 valence electrons. The number of amides is 1. The number of phenolic OH excluding ortho intramolecular Hbond substituents is 1. The fraction of sp³-hybridized carbons (Fsp3) is 0.462. The smallest absolute Gasteiger partial charge is 0.253 e. The normalized spacial score (nSPS) is 10.1. The monoisotopic (exact) mass is 237 g/mol. The molecule has 0 aliphatic heterocycles. The molecule has 1 aromatic carbocycles. The number of carbonyl (C=O) groups excluding carboxylic acids is 1. The number of nitrogens with zero attached hydrogens (tertiary/aromatic N) is 1. The van der Waals surface area contributed by atoms with Crippen LogP contribution < -0.4 is 4.74 Å². The average Bonchev–Trinajstić information content (AvgIpc) is 2.35. The van der Waals surface area contributed by atoms with E-state index in [1.54, 1.807) is 17.0 Å². The summed E-state index contributed by atoms with van der Waals surface area (Å²) in [6, 6.07) is 4.65. The molecule has 1 aromatic rings. The fourth-order valence-electron chi connectivity index (χ4n) is 1.67. The lowest BCUT2D eigenvalue weighted by atomic mass is 10.1. The van der Waals surface area contributed by atoms with Gasteiger partial charge in [0, 0.05) is 18.7 Å². The molecular formula is C13H19NO3. The van der Waals surface area contributed by atoms with Crippen LogP contribution >= 0.6 is 0 Å². The van der Waals surface area contributed by atoms with Crippen LogP contribution in [0.4, 0.5) is 0 Å². The first-order valence-corrected chi connectivity index (χ1v) is 5.80. The van der Waals surface area contributed by atoms with E-state index < -0.39 is 0 Å². The van der Waals surface area contributed by atoms with Gasteiger partial charge >= 0.3 is 0 Å². The number of hydrogen-bond donors (Lipinski definition) is 1. The van der Waals surface area contributed by atoms with E-state index in [1.165, 1.54) is 13.2 Å². The predicted molar refractivity (Wildman–Crippen MR) is 66.5 cm³/mol. The van der Waals surface area contributed by atoms with Crippen molar-refractivity contribution in [2.45, 2.75) is 20.3 Å². The van der Waals surface area contributed by atoms with Crippen LogP contribution in [0.3, 0.4) is 0 Å². The minimum absolute atomic E-state index is 0.0346. The molecule has 4 heteroatoms. The number of benzene rings is 1. The maximum atomic E-state index is 12.1. The summed E-state index contributed by atoms with van der Waals surface area (Å²) in [7, 11) is 1.47. The number of carbonyl (C=O) groups is 1. The highest BCUT2D eigenvalue weighted by Gasteiger charge is 2.15. The summed E-state index contributed by atoms with van der Waals surface area (Å²) in [6.45, 7) is 5.40. The zero-order valence-electron chi connectivity index (χ0n) is 10.6. The summed E-state index contributed by atoms with van der Waals surface area (Å²) in [5.41, 5.74) is 0.537. The van der Waals surface area contributed by atoms with E-state index >= 15 is 0 Å². The van der Waals surface area contributed by atoms with E-state index in [2.05, 4.69) is 0 Å². The molecule has 0 aliphatic carbocycles. The highest BCUT2D eigenvalue weighted by atomic mass is 16.5. The number of phenols is 1. The minimum Gasteiger partial charge on any atom is -0.504 e. The first-order chi connectivity index (χ1) is 8.13. The third-order valence-corrected chi connectivity index (χ3v) is 2.59. The van der Waals surface area contributed by atoms with Gasteiger partial charge < -0.3 is 14.7 Å². The molecule has 0 radical (unpaired) electrons. The van der Waals surface area contributed by atoms with Crippen molar-refractivity contribution >= 4 is 5.91 Å². The Morgan fingerprint density at radius 3 is 2.65 bits per heavy atom. The second-order valence-corrected chi connectivity index (χ2v) is 3.77. The van der Waals surface area contributed by atoms with Gasteiger partial charge in [-0.1, -0.05) is 6.92 Å². The van der Waals surface area contributed by atoms with Gasteiger partial charge in [-0.05, 0) is 31.5 Å². The molecule has 4 nitrogen and oxygen atoms in total. The highest BCUT2D eigenvalue weighted by molar-refractivity contribution is 5.94. The van der Waals surface area contributed by atoms with Gasteiger partial charge in [0.15, 0.2) is 11.5 Å². The van der Waals surface area contributed by atoms with Crippen molar-refractivity contribution in [3.63, 3.8) is 0 Å². The lowest BCUT2D eigenvalue weighted by Crippen LogP contribution is -2.31. The molecule has 0 saturated heterocycles. The van der Waals surface area contributed by atoms with Gasteiger partial charge in [0.05, 0.1) is 7.11 Å². The molecule has 0 saturated carbocycles. The fourth-order valence-corrected chi connectivity index (χ4v) is 1.67. The van der Waals surface area contributed by atoms with Crippen molar-refractivity contribution in [1.82, 2.24) is 4.90 Å². The van der Waals surface area contributed by atoms with Crippen LogP contribution in [-0.2, 0) is 0 Å². The molecular weight excluding hydrogens is 218 g/mol. The first-order valence-electron chi connectivity index (χ1n) is 5.80. The molecule has 0 aromatic heterocycles. The molecule has 1 rings (SSSR count). The average molecular weight is 237 g/mol. The van der Waals surface area contributed by atoms with Crippen molar-refractivity contribution < 1.29 is 14.6 Å². The Kier molecular flexibility index (Phi) is 4.82. The van der Waals surface area contributed by atoms with E-state index in [1.807, 2.05) is 13.8 Å². The lowest BCUT2D eigenvalue weighted by molar-refractivity contribution is 0.0764. The Morgan fingerprint density at radius 1 is 1.41 bits per heavy atom. The van der Waals surface area contributed by atoms with Crippen LogP contribution in [0.5, 0.6) is 11.5 Å². The largest absolute Gasteiger partial charge is 0.504 e. The minimum atomic E-state index is -0.0346. The van der Waals surface area contributed by atoms with Crippen LogP contribution in [0.1, 0.15) is 30.6 Å². The van der Waals surface area contributed by atoms with E-state index in [0.717, 1.165) is 13.0 Å². The number of rotatable bonds is 5. The molecule has 0 atom stereocenters. The summed E-state index contributed by atoms with van der Waals surface area (Å²) < 4.78 is 4.99. The second-order valence-electron chi connectivity index (χ2n) is 3.77. The number of methoxy groups -OCH3 is 1. The summed E-state index contributed by atoms with van der Waals surface area (Å²) in [5, 5.41) is 9.47. The standard InChI is InChI=1S/C13H19NO3/c1-4-8-14(5-2)13(16)10-6-7-11(15)12(9-10)17-3/h6-7,9,15H,4-5,8H2,1-3H3. The van der Waals surface area contributed by atoms with E-state index in [-0.39, 0.29) is 11.7 Å². The first kappa shape index (κ1) is 13.4. The van der Waals surface area contributed by atoms with Gasteiger partial charge in [0.1, 0.15) is 0 Å². The van der Waals surface area contributed by atoms with Crippen molar-refractivity contribution in [3.05, 3.63) is 23.8 Å². The third-order valence-electron chi connectivity index (χ3n) is 2.59. The topological polar surface area (TPSA) is 49.8 Å². The summed E-state index contributed by atoms with van der Waals surface area (Å²) in [5.74, 6) is 0.332. The van der Waals surface area contributed by atoms with Crippen LogP contribution in [0.15, 0.2) is 18.2 Å². The second kappa shape index (κ2) is 6.13. The Balaban J connectivity index is 2.95.